The normalized spacial score (nSPS) is 11.1. The molecule has 0 amide bonds. The molecule has 0 aliphatic heterocycles. The van der Waals surface area contributed by atoms with E-state index in [0.29, 0.717) is 70.7 Å². The number of aromatic nitrogens is 2. The maximum absolute atomic E-state index is 11.6. The molecule has 0 radical (unpaired) electrons. The van der Waals surface area contributed by atoms with Crippen molar-refractivity contribution in [1.82, 2.24) is 9.97 Å². The Morgan fingerprint density at radius 1 is 1.04 bits per heavy atom. The highest BCUT2D eigenvalue weighted by Gasteiger charge is 2.05. The molecule has 0 spiro atoms. The molecule has 0 bridgehead atoms. The molecule has 0 fully saturated rings. The zero-order valence-corrected chi connectivity index (χ0v) is 16.0. The Labute approximate surface area is 157 Å². The fourth-order valence-corrected chi connectivity index (χ4v) is 1.92. The number of nitrogens with zero attached hydrogens (tertiary/aromatic N) is 2. The third-order valence-corrected chi connectivity index (χ3v) is 3.25. The Kier molecular flexibility index (Phi) is 12.6. The van der Waals surface area contributed by atoms with Gasteiger partial charge in [0.1, 0.15) is 17.8 Å². The summed E-state index contributed by atoms with van der Waals surface area (Å²) in [6.07, 6.45) is 2.05. The lowest BCUT2D eigenvalue weighted by Crippen LogP contribution is -2.15. The van der Waals surface area contributed by atoms with Crippen LogP contribution in [0.3, 0.4) is 0 Å². The number of ketones is 1. The molecule has 0 aliphatic carbocycles. The van der Waals surface area contributed by atoms with Crippen LogP contribution >= 0.6 is 0 Å². The highest BCUT2D eigenvalue weighted by molar-refractivity contribution is 5.94. The minimum Gasteiger partial charge on any atom is -0.377 e. The number of ether oxygens (including phenoxy) is 4. The van der Waals surface area contributed by atoms with Crippen molar-refractivity contribution >= 4 is 11.6 Å². The smallest absolute Gasteiger partial charge is 0.181 e. The predicted octanol–water partition coefficient (Wildman–Crippen LogP) is 2.20. The van der Waals surface area contributed by atoms with Crippen LogP contribution in [0.15, 0.2) is 12.4 Å². The summed E-state index contributed by atoms with van der Waals surface area (Å²) < 4.78 is 21.6. The van der Waals surface area contributed by atoms with Crippen LogP contribution < -0.4 is 5.32 Å². The second-order valence-corrected chi connectivity index (χ2v) is 5.75. The van der Waals surface area contributed by atoms with Gasteiger partial charge in [0.2, 0.25) is 0 Å². The first-order valence-electron chi connectivity index (χ1n) is 9.07. The fraction of sp³-hybridized carbons (Fsp3) is 0.722. The number of hydrogen-bond donors (Lipinski definition) is 1. The number of anilines is 1. The second kappa shape index (κ2) is 14.5. The summed E-state index contributed by atoms with van der Waals surface area (Å²) in [5, 5.41) is 3.10. The van der Waals surface area contributed by atoms with Gasteiger partial charge in [0.25, 0.3) is 0 Å². The number of rotatable bonds is 16. The van der Waals surface area contributed by atoms with Crippen molar-refractivity contribution in [2.45, 2.75) is 33.3 Å². The molecule has 26 heavy (non-hydrogen) atoms. The van der Waals surface area contributed by atoms with E-state index in [1.165, 1.54) is 6.33 Å². The van der Waals surface area contributed by atoms with Gasteiger partial charge in [-0.15, -0.1) is 0 Å². The van der Waals surface area contributed by atoms with Crippen molar-refractivity contribution in [2.24, 2.45) is 0 Å². The predicted molar refractivity (Wildman–Crippen MR) is 101 cm³/mol. The molecule has 1 N–H and O–H groups in total. The third-order valence-electron chi connectivity index (χ3n) is 3.25. The molecule has 8 heteroatoms. The molecule has 0 aliphatic rings. The van der Waals surface area contributed by atoms with E-state index in [-0.39, 0.29) is 13.3 Å². The Hall–Kier alpha value is -1.61. The molecule has 8 nitrogen and oxygen atoms in total. The lowest BCUT2D eigenvalue weighted by molar-refractivity contribution is -0.0110. The Balaban J connectivity index is 0.00000676. The largest absolute Gasteiger partial charge is 0.377 e. The molecule has 0 unspecified atom stereocenters. The number of carbonyl (C=O) groups excluding carboxylic acids is 1. The molecule has 0 saturated carbocycles. The molecular weight excluding hydrogens is 338 g/mol. The van der Waals surface area contributed by atoms with E-state index in [1.807, 2.05) is 13.8 Å². The zero-order valence-electron chi connectivity index (χ0n) is 16.0. The topological polar surface area (TPSA) is 91.8 Å². The molecule has 0 atom stereocenters. The molecule has 1 heterocycles. The first-order valence-corrected chi connectivity index (χ1v) is 9.07. The number of nitrogens with one attached hydrogen (secondary N) is 1. The molecule has 0 saturated heterocycles. The van der Waals surface area contributed by atoms with Crippen LogP contribution in [-0.2, 0) is 18.9 Å². The van der Waals surface area contributed by atoms with Gasteiger partial charge in [-0.25, -0.2) is 9.97 Å². The molecule has 1 aromatic rings. The molecular formula is C18H33N3O5. The Bertz CT molecular complexity index is 506. The van der Waals surface area contributed by atoms with E-state index in [4.69, 9.17) is 18.9 Å². The monoisotopic (exact) mass is 371 g/mol. The Morgan fingerprint density at radius 3 is 2.27 bits per heavy atom. The molecule has 1 rings (SSSR count). The van der Waals surface area contributed by atoms with Crippen molar-refractivity contribution in [3.8, 4) is 0 Å². The molecule has 1 aromatic heterocycles. The molecule has 0 aromatic carbocycles. The van der Waals surface area contributed by atoms with Gasteiger partial charge in [-0.05, 0) is 13.8 Å². The van der Waals surface area contributed by atoms with Crippen molar-refractivity contribution in [2.75, 3.05) is 58.1 Å². The lowest BCUT2D eigenvalue weighted by Gasteiger charge is -2.09. The van der Waals surface area contributed by atoms with Gasteiger partial charge in [0.15, 0.2) is 5.78 Å². The van der Waals surface area contributed by atoms with Gasteiger partial charge in [-0.3, -0.25) is 4.79 Å². The maximum Gasteiger partial charge on any atom is 0.181 e. The second-order valence-electron chi connectivity index (χ2n) is 5.75. The van der Waals surface area contributed by atoms with Crippen LogP contribution in [0.25, 0.3) is 0 Å². The van der Waals surface area contributed by atoms with Crippen LogP contribution in [0.5, 0.6) is 0 Å². The van der Waals surface area contributed by atoms with Crippen LogP contribution in [0, 0.1) is 0 Å². The first kappa shape index (κ1) is 22.4. The van der Waals surface area contributed by atoms with Crippen LogP contribution in [0.1, 0.15) is 39.1 Å². The molecule has 150 valence electrons. The van der Waals surface area contributed by atoms with Gasteiger partial charge < -0.3 is 24.3 Å². The van der Waals surface area contributed by atoms with Gasteiger partial charge in [-0.1, -0.05) is 6.92 Å². The van der Waals surface area contributed by atoms with Crippen LogP contribution in [0.2, 0.25) is 0 Å². The van der Waals surface area contributed by atoms with Crippen LogP contribution in [0.4, 0.5) is 5.82 Å². The minimum atomic E-state index is 0. The minimum absolute atomic E-state index is 0. The summed E-state index contributed by atoms with van der Waals surface area (Å²) in [4.78, 5) is 19.6. The van der Waals surface area contributed by atoms with Crippen molar-refractivity contribution < 1.29 is 25.2 Å². The summed E-state index contributed by atoms with van der Waals surface area (Å²) in [5.41, 5.74) is 0.428. The van der Waals surface area contributed by atoms with E-state index in [9.17, 15) is 4.79 Å². The summed E-state index contributed by atoms with van der Waals surface area (Å²) in [6, 6.07) is 1.65. The van der Waals surface area contributed by atoms with E-state index < -0.39 is 0 Å². The van der Waals surface area contributed by atoms with Gasteiger partial charge in [0, 0.05) is 20.5 Å². The van der Waals surface area contributed by atoms with Gasteiger partial charge in [0.05, 0.1) is 52.4 Å². The van der Waals surface area contributed by atoms with Crippen molar-refractivity contribution in [1.29, 1.82) is 0 Å². The lowest BCUT2D eigenvalue weighted by atomic mass is 10.2. The number of hydrogen-bond acceptors (Lipinski definition) is 8. The fourth-order valence-electron chi connectivity index (χ4n) is 1.92. The average molecular weight is 371 g/mol. The van der Waals surface area contributed by atoms with Crippen molar-refractivity contribution in [3.05, 3.63) is 18.1 Å². The standard InChI is InChI=1S/C18H31N3O5.H2/c1-4-17(22)16-13-18(21-14-20-16)19-5-6-23-7-8-24-9-10-25-11-12-26-15(2)3;/h13-15H,4-12H2,1-3H3,(H,19,20,21);1H. The number of carbonyl (C=O) groups is 1. The van der Waals surface area contributed by atoms with Crippen LogP contribution in [-0.4, -0.2) is 74.6 Å². The Morgan fingerprint density at radius 2 is 1.65 bits per heavy atom. The summed E-state index contributed by atoms with van der Waals surface area (Å²) in [7, 11) is 0. The highest BCUT2D eigenvalue weighted by Crippen LogP contribution is 2.05. The van der Waals surface area contributed by atoms with E-state index in [1.54, 1.807) is 13.0 Å². The van der Waals surface area contributed by atoms with E-state index >= 15 is 0 Å². The SMILES string of the molecule is CCC(=O)c1cc(NCCOCCOCCOCCOC(C)C)ncn1.[HH]. The van der Waals surface area contributed by atoms with Gasteiger partial charge >= 0.3 is 0 Å². The van der Waals surface area contributed by atoms with E-state index in [2.05, 4.69) is 15.3 Å². The first-order chi connectivity index (χ1) is 12.6. The highest BCUT2D eigenvalue weighted by atomic mass is 16.6. The van der Waals surface area contributed by atoms with Crippen molar-refractivity contribution in [3.63, 3.8) is 0 Å². The average Bonchev–Trinajstić information content (AvgIpc) is 2.64. The maximum atomic E-state index is 11.6. The summed E-state index contributed by atoms with van der Waals surface area (Å²) in [6.45, 7) is 10.2. The summed E-state index contributed by atoms with van der Waals surface area (Å²) >= 11 is 0. The quantitative estimate of drug-likeness (QED) is 0.349. The number of Topliss-reactive ketones (excluding diaryl/α,β-unsaturated/α-hetero) is 1. The zero-order chi connectivity index (χ0) is 19.0. The van der Waals surface area contributed by atoms with E-state index in [0.717, 1.165) is 0 Å². The summed E-state index contributed by atoms with van der Waals surface area (Å²) in [5.74, 6) is 0.621. The van der Waals surface area contributed by atoms with Gasteiger partial charge in [-0.2, -0.15) is 0 Å². The third kappa shape index (κ3) is 11.1.